The van der Waals surface area contributed by atoms with E-state index in [4.69, 9.17) is 4.74 Å². The SMILES string of the molecule is C=CCCCC(C(=O)OC)C(=O)N(CC)CC. The van der Waals surface area contributed by atoms with Crippen LogP contribution in [0.25, 0.3) is 0 Å². The first-order valence-corrected chi connectivity index (χ1v) is 6.09. The molecule has 0 bridgehead atoms. The highest BCUT2D eigenvalue weighted by Crippen LogP contribution is 2.14. The summed E-state index contributed by atoms with van der Waals surface area (Å²) in [6, 6.07) is 0. The van der Waals surface area contributed by atoms with Crippen LogP contribution in [0.15, 0.2) is 12.7 Å². The second-order valence-corrected chi connectivity index (χ2v) is 3.81. The summed E-state index contributed by atoms with van der Waals surface area (Å²) >= 11 is 0. The number of carbonyl (C=O) groups excluding carboxylic acids is 2. The quantitative estimate of drug-likeness (QED) is 0.282. The molecule has 17 heavy (non-hydrogen) atoms. The summed E-state index contributed by atoms with van der Waals surface area (Å²) in [5.74, 6) is -1.24. The van der Waals surface area contributed by atoms with Gasteiger partial charge in [-0.25, -0.2) is 0 Å². The number of amides is 1. The van der Waals surface area contributed by atoms with Gasteiger partial charge in [-0.3, -0.25) is 9.59 Å². The van der Waals surface area contributed by atoms with Gasteiger partial charge in [-0.1, -0.05) is 6.08 Å². The zero-order chi connectivity index (χ0) is 13.3. The van der Waals surface area contributed by atoms with Crippen LogP contribution in [0.4, 0.5) is 0 Å². The molecule has 1 unspecified atom stereocenters. The summed E-state index contributed by atoms with van der Waals surface area (Å²) in [5, 5.41) is 0. The predicted molar refractivity (Wildman–Crippen MR) is 67.5 cm³/mol. The maximum atomic E-state index is 12.1. The van der Waals surface area contributed by atoms with Crippen molar-refractivity contribution in [2.24, 2.45) is 5.92 Å². The predicted octanol–water partition coefficient (Wildman–Crippen LogP) is 2.00. The van der Waals surface area contributed by atoms with Crippen LogP contribution in [0.5, 0.6) is 0 Å². The molecule has 4 heteroatoms. The Hall–Kier alpha value is -1.32. The van der Waals surface area contributed by atoms with Gasteiger partial charge in [-0.2, -0.15) is 0 Å². The van der Waals surface area contributed by atoms with Gasteiger partial charge in [0.25, 0.3) is 0 Å². The van der Waals surface area contributed by atoms with Gasteiger partial charge in [-0.05, 0) is 33.1 Å². The fraction of sp³-hybridized carbons (Fsp3) is 0.692. The van der Waals surface area contributed by atoms with Crippen LogP contribution >= 0.6 is 0 Å². The number of esters is 1. The van der Waals surface area contributed by atoms with Gasteiger partial charge in [0.1, 0.15) is 5.92 Å². The van der Waals surface area contributed by atoms with E-state index in [1.807, 2.05) is 13.8 Å². The molecule has 0 rings (SSSR count). The van der Waals surface area contributed by atoms with E-state index in [0.29, 0.717) is 19.5 Å². The number of nitrogens with zero attached hydrogens (tertiary/aromatic N) is 1. The molecule has 0 fully saturated rings. The zero-order valence-corrected chi connectivity index (χ0v) is 11.1. The second kappa shape index (κ2) is 8.79. The van der Waals surface area contributed by atoms with Gasteiger partial charge in [0, 0.05) is 13.1 Å². The van der Waals surface area contributed by atoms with E-state index in [1.54, 1.807) is 11.0 Å². The fourth-order valence-electron chi connectivity index (χ4n) is 1.71. The Bertz CT molecular complexity index is 259. The van der Waals surface area contributed by atoms with Crippen molar-refractivity contribution in [2.45, 2.75) is 33.1 Å². The van der Waals surface area contributed by atoms with Gasteiger partial charge < -0.3 is 9.64 Å². The summed E-state index contributed by atoms with van der Waals surface area (Å²) in [6.07, 6.45) is 3.89. The van der Waals surface area contributed by atoms with E-state index in [2.05, 4.69) is 6.58 Å². The number of ether oxygens (including phenoxy) is 1. The molecule has 0 aromatic rings. The average molecular weight is 241 g/mol. The Morgan fingerprint density at radius 1 is 1.35 bits per heavy atom. The van der Waals surface area contributed by atoms with Crippen molar-refractivity contribution in [1.82, 2.24) is 4.90 Å². The molecule has 0 radical (unpaired) electrons. The Balaban J connectivity index is 4.60. The lowest BCUT2D eigenvalue weighted by Crippen LogP contribution is -2.39. The van der Waals surface area contributed by atoms with Crippen LogP contribution in [-0.4, -0.2) is 37.0 Å². The first-order chi connectivity index (χ1) is 8.12. The maximum absolute atomic E-state index is 12.1. The Kier molecular flexibility index (Phi) is 8.11. The highest BCUT2D eigenvalue weighted by Gasteiger charge is 2.29. The minimum atomic E-state index is -0.667. The number of unbranched alkanes of at least 4 members (excludes halogenated alkanes) is 1. The van der Waals surface area contributed by atoms with Crippen molar-refractivity contribution >= 4 is 11.9 Å². The molecular weight excluding hydrogens is 218 g/mol. The lowest BCUT2D eigenvalue weighted by Gasteiger charge is -2.23. The lowest BCUT2D eigenvalue weighted by molar-refractivity contribution is -0.154. The van der Waals surface area contributed by atoms with Gasteiger partial charge in [0.2, 0.25) is 5.91 Å². The van der Waals surface area contributed by atoms with E-state index in [9.17, 15) is 9.59 Å². The minimum absolute atomic E-state index is 0.133. The summed E-state index contributed by atoms with van der Waals surface area (Å²) in [7, 11) is 1.32. The van der Waals surface area contributed by atoms with E-state index < -0.39 is 11.9 Å². The summed E-state index contributed by atoms with van der Waals surface area (Å²) in [5.41, 5.74) is 0. The largest absolute Gasteiger partial charge is 0.468 e. The summed E-state index contributed by atoms with van der Waals surface area (Å²) in [6.45, 7) is 8.66. The van der Waals surface area contributed by atoms with Crippen LogP contribution in [0.2, 0.25) is 0 Å². The maximum Gasteiger partial charge on any atom is 0.318 e. The monoisotopic (exact) mass is 241 g/mol. The normalized spacial score (nSPS) is 11.7. The zero-order valence-electron chi connectivity index (χ0n) is 11.1. The second-order valence-electron chi connectivity index (χ2n) is 3.81. The van der Waals surface area contributed by atoms with Gasteiger partial charge in [0.15, 0.2) is 0 Å². The molecule has 0 heterocycles. The number of carbonyl (C=O) groups is 2. The highest BCUT2D eigenvalue weighted by molar-refractivity contribution is 5.97. The number of hydrogen-bond donors (Lipinski definition) is 0. The topological polar surface area (TPSA) is 46.6 Å². The van der Waals surface area contributed by atoms with E-state index in [-0.39, 0.29) is 5.91 Å². The van der Waals surface area contributed by atoms with Gasteiger partial charge in [0.05, 0.1) is 7.11 Å². The van der Waals surface area contributed by atoms with E-state index in [1.165, 1.54) is 7.11 Å². The number of hydrogen-bond acceptors (Lipinski definition) is 3. The molecular formula is C13H23NO3. The van der Waals surface area contributed by atoms with E-state index in [0.717, 1.165) is 12.8 Å². The fourth-order valence-corrected chi connectivity index (χ4v) is 1.71. The summed E-state index contributed by atoms with van der Waals surface area (Å²) in [4.78, 5) is 25.3. The van der Waals surface area contributed by atoms with Gasteiger partial charge >= 0.3 is 5.97 Å². The van der Waals surface area contributed by atoms with Crippen molar-refractivity contribution in [3.05, 3.63) is 12.7 Å². The molecule has 0 spiro atoms. The Labute approximate surface area is 104 Å². The molecule has 0 aliphatic carbocycles. The van der Waals surface area contributed by atoms with Crippen molar-refractivity contribution in [3.8, 4) is 0 Å². The lowest BCUT2D eigenvalue weighted by atomic mass is 10.0. The standard InChI is InChI=1S/C13H23NO3/c1-5-8-9-10-11(13(16)17-4)12(15)14(6-2)7-3/h5,11H,1,6-10H2,2-4H3. The van der Waals surface area contributed by atoms with Gasteiger partial charge in [-0.15, -0.1) is 6.58 Å². The van der Waals surface area contributed by atoms with Crippen molar-refractivity contribution < 1.29 is 14.3 Å². The van der Waals surface area contributed by atoms with E-state index >= 15 is 0 Å². The van der Waals surface area contributed by atoms with Crippen LogP contribution in [0, 0.1) is 5.92 Å². The molecule has 0 N–H and O–H groups in total. The molecule has 0 aliphatic rings. The molecule has 0 aromatic carbocycles. The third-order valence-electron chi connectivity index (χ3n) is 2.76. The van der Waals surface area contributed by atoms with Crippen LogP contribution in [0.3, 0.4) is 0 Å². The summed E-state index contributed by atoms with van der Waals surface area (Å²) < 4.78 is 4.69. The number of methoxy groups -OCH3 is 1. The number of rotatable bonds is 8. The Morgan fingerprint density at radius 3 is 2.35 bits per heavy atom. The first kappa shape index (κ1) is 15.7. The molecule has 0 aliphatic heterocycles. The molecule has 4 nitrogen and oxygen atoms in total. The third kappa shape index (κ3) is 5.02. The molecule has 0 saturated heterocycles. The molecule has 1 amide bonds. The van der Waals surface area contributed by atoms with Crippen molar-refractivity contribution in [3.63, 3.8) is 0 Å². The Morgan fingerprint density at radius 2 is 1.94 bits per heavy atom. The first-order valence-electron chi connectivity index (χ1n) is 6.09. The highest BCUT2D eigenvalue weighted by atomic mass is 16.5. The van der Waals surface area contributed by atoms with Crippen LogP contribution in [0.1, 0.15) is 33.1 Å². The van der Waals surface area contributed by atoms with Crippen LogP contribution in [-0.2, 0) is 14.3 Å². The van der Waals surface area contributed by atoms with Crippen molar-refractivity contribution in [2.75, 3.05) is 20.2 Å². The minimum Gasteiger partial charge on any atom is -0.468 e. The third-order valence-corrected chi connectivity index (χ3v) is 2.76. The molecule has 0 aromatic heterocycles. The number of allylic oxidation sites excluding steroid dienone is 1. The smallest absolute Gasteiger partial charge is 0.318 e. The average Bonchev–Trinajstić information content (AvgIpc) is 2.35. The molecule has 0 saturated carbocycles. The molecule has 98 valence electrons. The molecule has 1 atom stereocenters. The van der Waals surface area contributed by atoms with Crippen molar-refractivity contribution in [1.29, 1.82) is 0 Å². The van der Waals surface area contributed by atoms with Crippen LogP contribution < -0.4 is 0 Å².